The Morgan fingerprint density at radius 2 is 1.90 bits per heavy atom. The van der Waals surface area contributed by atoms with Crippen LogP contribution >= 0.6 is 23.2 Å². The summed E-state index contributed by atoms with van der Waals surface area (Å²) in [6, 6.07) is 5.59. The molecule has 0 bridgehead atoms. The molecular formula is C21H18Cl2N4O2. The number of hydrogen-bond donors (Lipinski definition) is 1. The Balaban J connectivity index is 1.71. The predicted molar refractivity (Wildman–Crippen MR) is 114 cm³/mol. The van der Waals surface area contributed by atoms with E-state index in [1.54, 1.807) is 6.07 Å². The minimum absolute atomic E-state index is 0.282. The van der Waals surface area contributed by atoms with Gasteiger partial charge in [0.1, 0.15) is 5.76 Å². The number of rotatable bonds is 4. The van der Waals surface area contributed by atoms with Crippen LogP contribution in [0, 0.1) is 20.8 Å². The van der Waals surface area contributed by atoms with Gasteiger partial charge in [0.05, 0.1) is 28.0 Å². The van der Waals surface area contributed by atoms with E-state index < -0.39 is 0 Å². The van der Waals surface area contributed by atoms with Gasteiger partial charge < -0.3 is 14.4 Å². The third-order valence-corrected chi connectivity index (χ3v) is 5.52. The molecule has 6 nitrogen and oxygen atoms in total. The Bertz CT molecular complexity index is 1200. The zero-order valence-electron chi connectivity index (χ0n) is 16.1. The first-order valence-electron chi connectivity index (χ1n) is 8.96. The Hall–Kier alpha value is -2.83. The lowest BCUT2D eigenvalue weighted by Gasteiger charge is -2.10. The van der Waals surface area contributed by atoms with Crippen LogP contribution < -0.4 is 5.32 Å². The van der Waals surface area contributed by atoms with Crippen LogP contribution in [-0.2, 0) is 6.54 Å². The van der Waals surface area contributed by atoms with Crippen LogP contribution in [0.1, 0.15) is 32.9 Å². The lowest BCUT2D eigenvalue weighted by atomic mass is 10.1. The summed E-state index contributed by atoms with van der Waals surface area (Å²) in [6.07, 6.45) is 4.93. The summed E-state index contributed by atoms with van der Waals surface area (Å²) in [5.41, 5.74) is 4.81. The molecule has 0 radical (unpaired) electrons. The molecule has 0 spiro atoms. The van der Waals surface area contributed by atoms with Gasteiger partial charge in [0, 0.05) is 40.6 Å². The van der Waals surface area contributed by atoms with Gasteiger partial charge in [-0.1, -0.05) is 34.4 Å². The van der Waals surface area contributed by atoms with Crippen molar-refractivity contribution in [3.63, 3.8) is 0 Å². The number of fused-ring (bicyclic) bond motifs is 1. The van der Waals surface area contributed by atoms with Gasteiger partial charge in [0.15, 0.2) is 0 Å². The molecule has 1 N–H and O–H groups in total. The Morgan fingerprint density at radius 1 is 1.17 bits per heavy atom. The number of carbonyl (C=O) groups excluding carboxylic acids is 1. The number of aryl methyl sites for hydroxylation is 3. The zero-order valence-corrected chi connectivity index (χ0v) is 17.6. The molecule has 1 aromatic carbocycles. The SMILES string of the molecule is Cc1noc(C)c1Cn1cc(C)c2ccc(C(=O)Nc3c(Cl)cncc3Cl)cc21. The summed E-state index contributed by atoms with van der Waals surface area (Å²) >= 11 is 12.2. The van der Waals surface area contributed by atoms with Crippen LogP contribution in [0.15, 0.2) is 41.3 Å². The lowest BCUT2D eigenvalue weighted by molar-refractivity contribution is 0.102. The number of amides is 1. The van der Waals surface area contributed by atoms with Gasteiger partial charge in [-0.2, -0.15) is 0 Å². The van der Waals surface area contributed by atoms with Crippen molar-refractivity contribution in [1.82, 2.24) is 14.7 Å². The minimum atomic E-state index is -0.301. The van der Waals surface area contributed by atoms with Gasteiger partial charge in [-0.25, -0.2) is 0 Å². The predicted octanol–water partition coefficient (Wildman–Crippen LogP) is 5.56. The number of benzene rings is 1. The summed E-state index contributed by atoms with van der Waals surface area (Å²) in [4.78, 5) is 16.7. The van der Waals surface area contributed by atoms with Crippen molar-refractivity contribution in [2.24, 2.45) is 0 Å². The molecule has 0 saturated heterocycles. The maximum absolute atomic E-state index is 12.8. The molecule has 0 saturated carbocycles. The standard InChI is InChI=1S/C21H18Cl2N4O2/c1-11-9-27(10-16-12(2)26-29-13(16)3)19-6-14(4-5-15(11)19)21(28)25-20-17(22)7-24-8-18(20)23/h4-9H,10H2,1-3H3,(H,24,25,28). The number of nitrogens with zero attached hydrogens (tertiary/aromatic N) is 3. The number of pyridine rings is 1. The Morgan fingerprint density at radius 3 is 2.55 bits per heavy atom. The summed E-state index contributed by atoms with van der Waals surface area (Å²) in [5, 5.41) is 8.44. The van der Waals surface area contributed by atoms with Crippen LogP contribution in [0.25, 0.3) is 10.9 Å². The highest BCUT2D eigenvalue weighted by atomic mass is 35.5. The number of hydrogen-bond acceptors (Lipinski definition) is 4. The van der Waals surface area contributed by atoms with E-state index >= 15 is 0 Å². The zero-order chi connectivity index (χ0) is 20.7. The van der Waals surface area contributed by atoms with Crippen LogP contribution in [0.3, 0.4) is 0 Å². The summed E-state index contributed by atoms with van der Waals surface area (Å²) in [6.45, 7) is 6.47. The van der Waals surface area contributed by atoms with Crippen molar-refractivity contribution >= 4 is 45.7 Å². The fourth-order valence-corrected chi connectivity index (χ4v) is 3.82. The second-order valence-corrected chi connectivity index (χ2v) is 7.72. The van der Waals surface area contributed by atoms with Crippen molar-refractivity contribution in [1.29, 1.82) is 0 Å². The van der Waals surface area contributed by atoms with Gasteiger partial charge in [0.2, 0.25) is 0 Å². The van der Waals surface area contributed by atoms with E-state index in [0.717, 1.165) is 33.5 Å². The van der Waals surface area contributed by atoms with Gasteiger partial charge in [-0.15, -0.1) is 0 Å². The monoisotopic (exact) mass is 428 g/mol. The van der Waals surface area contributed by atoms with E-state index in [-0.39, 0.29) is 16.0 Å². The molecule has 0 aliphatic heterocycles. The molecule has 0 fully saturated rings. The number of aromatic nitrogens is 3. The maximum Gasteiger partial charge on any atom is 0.255 e. The molecule has 0 aliphatic carbocycles. The van der Waals surface area contributed by atoms with Gasteiger partial charge in [0.25, 0.3) is 5.91 Å². The first kappa shape index (κ1) is 19.5. The molecule has 0 aliphatic rings. The first-order chi connectivity index (χ1) is 13.8. The van der Waals surface area contributed by atoms with Gasteiger partial charge in [-0.05, 0) is 38.5 Å². The average Bonchev–Trinajstić information content (AvgIpc) is 3.18. The average molecular weight is 429 g/mol. The highest BCUT2D eigenvalue weighted by molar-refractivity contribution is 6.39. The molecule has 8 heteroatoms. The second kappa shape index (κ2) is 7.54. The normalized spacial score (nSPS) is 11.2. The van der Waals surface area contributed by atoms with E-state index in [9.17, 15) is 4.79 Å². The molecule has 4 rings (SSSR count). The van der Waals surface area contributed by atoms with Gasteiger partial charge >= 0.3 is 0 Å². The fourth-order valence-electron chi connectivity index (χ4n) is 3.36. The topological polar surface area (TPSA) is 73.0 Å². The van der Waals surface area contributed by atoms with Crippen LogP contribution in [0.4, 0.5) is 5.69 Å². The van der Waals surface area contributed by atoms with E-state index in [0.29, 0.717) is 17.8 Å². The largest absolute Gasteiger partial charge is 0.361 e. The Labute approximate surface area is 177 Å². The molecule has 0 atom stereocenters. The number of carbonyl (C=O) groups is 1. The minimum Gasteiger partial charge on any atom is -0.361 e. The van der Waals surface area contributed by atoms with Crippen molar-refractivity contribution in [2.45, 2.75) is 27.3 Å². The number of anilines is 1. The van der Waals surface area contributed by atoms with Gasteiger partial charge in [-0.3, -0.25) is 9.78 Å². The molecule has 1 amide bonds. The summed E-state index contributed by atoms with van der Waals surface area (Å²) in [7, 11) is 0. The van der Waals surface area contributed by atoms with Crippen LogP contribution in [-0.4, -0.2) is 20.6 Å². The third-order valence-electron chi connectivity index (χ3n) is 4.95. The highest BCUT2D eigenvalue weighted by Gasteiger charge is 2.16. The van der Waals surface area contributed by atoms with E-state index in [1.807, 2.05) is 32.9 Å². The maximum atomic E-state index is 12.8. The second-order valence-electron chi connectivity index (χ2n) is 6.91. The van der Waals surface area contributed by atoms with Crippen LogP contribution in [0.5, 0.6) is 0 Å². The summed E-state index contributed by atoms with van der Waals surface area (Å²) in [5.74, 6) is 0.488. The Kier molecular flexibility index (Phi) is 5.06. The molecule has 148 valence electrons. The molecular weight excluding hydrogens is 411 g/mol. The fraction of sp³-hybridized carbons (Fsp3) is 0.190. The molecule has 4 aromatic rings. The number of halogens is 2. The molecule has 0 unspecified atom stereocenters. The smallest absolute Gasteiger partial charge is 0.255 e. The first-order valence-corrected chi connectivity index (χ1v) is 9.72. The summed E-state index contributed by atoms with van der Waals surface area (Å²) < 4.78 is 7.38. The van der Waals surface area contributed by atoms with Crippen molar-refractivity contribution < 1.29 is 9.32 Å². The number of nitrogens with one attached hydrogen (secondary N) is 1. The van der Waals surface area contributed by atoms with E-state index in [1.165, 1.54) is 12.4 Å². The third kappa shape index (κ3) is 3.61. The molecule has 3 heterocycles. The molecule has 29 heavy (non-hydrogen) atoms. The van der Waals surface area contributed by atoms with Crippen molar-refractivity contribution in [3.05, 3.63) is 75.0 Å². The van der Waals surface area contributed by atoms with Crippen LogP contribution in [0.2, 0.25) is 10.0 Å². The quantitative estimate of drug-likeness (QED) is 0.461. The van der Waals surface area contributed by atoms with Crippen molar-refractivity contribution in [3.8, 4) is 0 Å². The molecule has 3 aromatic heterocycles. The van der Waals surface area contributed by atoms with Crippen molar-refractivity contribution in [2.75, 3.05) is 5.32 Å². The highest BCUT2D eigenvalue weighted by Crippen LogP contribution is 2.30. The van der Waals surface area contributed by atoms with E-state index in [4.69, 9.17) is 27.7 Å². The lowest BCUT2D eigenvalue weighted by Crippen LogP contribution is -2.13. The van der Waals surface area contributed by atoms with E-state index in [2.05, 4.69) is 26.2 Å².